The van der Waals surface area contributed by atoms with E-state index in [2.05, 4.69) is 36.5 Å². The van der Waals surface area contributed by atoms with Gasteiger partial charge in [-0.15, -0.1) is 0 Å². The third-order valence-corrected chi connectivity index (χ3v) is 4.01. The average molecular weight is 306 g/mol. The van der Waals surface area contributed by atoms with Crippen molar-refractivity contribution >= 4 is 11.6 Å². The minimum absolute atomic E-state index is 0.160. The molecule has 1 N–H and O–H groups in total. The molecule has 0 aliphatic carbocycles. The van der Waals surface area contributed by atoms with E-state index in [1.54, 1.807) is 18.2 Å². The Morgan fingerprint density at radius 3 is 2.48 bits per heavy atom. The predicted molar refractivity (Wildman–Crippen MR) is 87.4 cm³/mol. The van der Waals surface area contributed by atoms with Crippen LogP contribution >= 0.6 is 11.6 Å². The van der Waals surface area contributed by atoms with Crippen molar-refractivity contribution in [1.82, 2.24) is 5.32 Å². The van der Waals surface area contributed by atoms with Crippen LogP contribution in [0.1, 0.15) is 42.5 Å². The minimum Gasteiger partial charge on any atom is -0.309 e. The smallest absolute Gasteiger partial charge is 0.146 e. The van der Waals surface area contributed by atoms with E-state index in [9.17, 15) is 4.39 Å². The maximum Gasteiger partial charge on any atom is 0.146 e. The molecule has 21 heavy (non-hydrogen) atoms. The third kappa shape index (κ3) is 3.84. The molecule has 0 spiro atoms. The number of nitrogens with one attached hydrogen (secondary N) is 1. The summed E-state index contributed by atoms with van der Waals surface area (Å²) in [7, 11) is 1.83. The first-order valence-corrected chi connectivity index (χ1v) is 7.75. The van der Waals surface area contributed by atoms with Gasteiger partial charge in [-0.1, -0.05) is 61.3 Å². The Morgan fingerprint density at radius 2 is 1.86 bits per heavy atom. The molecule has 0 aromatic heterocycles. The molecular formula is C18H21ClFN. The minimum atomic E-state index is -0.353. The second kappa shape index (κ2) is 7.58. The molecule has 112 valence electrons. The van der Waals surface area contributed by atoms with Crippen molar-refractivity contribution in [2.75, 3.05) is 7.05 Å². The normalized spacial score (nSPS) is 12.4. The van der Waals surface area contributed by atoms with E-state index in [1.807, 2.05) is 7.05 Å². The van der Waals surface area contributed by atoms with Crippen LogP contribution in [0, 0.1) is 5.82 Å². The van der Waals surface area contributed by atoms with Gasteiger partial charge in [0.25, 0.3) is 0 Å². The summed E-state index contributed by atoms with van der Waals surface area (Å²) in [5, 5.41) is 3.33. The summed E-state index contributed by atoms with van der Waals surface area (Å²) in [6, 6.07) is 13.3. The molecule has 0 bridgehead atoms. The Hall–Kier alpha value is -1.38. The topological polar surface area (TPSA) is 12.0 Å². The lowest BCUT2D eigenvalue weighted by Crippen LogP contribution is -2.19. The molecule has 2 rings (SSSR count). The molecule has 0 saturated heterocycles. The zero-order chi connectivity index (χ0) is 15.2. The van der Waals surface area contributed by atoms with Crippen molar-refractivity contribution in [2.24, 2.45) is 0 Å². The summed E-state index contributed by atoms with van der Waals surface area (Å²) in [5.41, 5.74) is 2.94. The zero-order valence-corrected chi connectivity index (χ0v) is 13.3. The Balaban J connectivity index is 2.27. The molecule has 0 aliphatic heterocycles. The summed E-state index contributed by atoms with van der Waals surface area (Å²) in [4.78, 5) is 0. The van der Waals surface area contributed by atoms with Gasteiger partial charge in [0, 0.05) is 5.56 Å². The van der Waals surface area contributed by atoms with Crippen LogP contribution in [0.25, 0.3) is 0 Å². The highest BCUT2D eigenvalue weighted by Crippen LogP contribution is 2.28. The van der Waals surface area contributed by atoms with E-state index in [-0.39, 0.29) is 16.9 Å². The van der Waals surface area contributed by atoms with Gasteiger partial charge in [0.2, 0.25) is 0 Å². The van der Waals surface area contributed by atoms with Gasteiger partial charge in [-0.2, -0.15) is 0 Å². The first-order chi connectivity index (χ1) is 10.2. The summed E-state index contributed by atoms with van der Waals surface area (Å²) in [6.07, 6.45) is 3.47. The Bertz CT molecular complexity index is 580. The van der Waals surface area contributed by atoms with Gasteiger partial charge in [0.05, 0.1) is 11.1 Å². The fourth-order valence-corrected chi connectivity index (χ4v) is 2.68. The van der Waals surface area contributed by atoms with Crippen LogP contribution in [0.3, 0.4) is 0 Å². The van der Waals surface area contributed by atoms with E-state index in [1.165, 1.54) is 18.4 Å². The van der Waals surface area contributed by atoms with Crippen molar-refractivity contribution < 1.29 is 4.39 Å². The van der Waals surface area contributed by atoms with Crippen LogP contribution in [0.4, 0.5) is 4.39 Å². The first kappa shape index (κ1) is 16.0. The number of unbranched alkanes of at least 4 members (excludes halogenated alkanes) is 1. The van der Waals surface area contributed by atoms with Crippen molar-refractivity contribution in [3.05, 3.63) is 70.0 Å². The van der Waals surface area contributed by atoms with Crippen molar-refractivity contribution in [3.63, 3.8) is 0 Å². The zero-order valence-electron chi connectivity index (χ0n) is 12.5. The Labute approximate surface area is 131 Å². The van der Waals surface area contributed by atoms with Gasteiger partial charge in [0.1, 0.15) is 5.82 Å². The van der Waals surface area contributed by atoms with Crippen molar-refractivity contribution in [3.8, 4) is 0 Å². The largest absolute Gasteiger partial charge is 0.309 e. The van der Waals surface area contributed by atoms with Gasteiger partial charge in [0.15, 0.2) is 0 Å². The maximum atomic E-state index is 14.2. The van der Waals surface area contributed by atoms with E-state index in [0.717, 1.165) is 12.0 Å². The highest BCUT2D eigenvalue weighted by atomic mass is 35.5. The van der Waals surface area contributed by atoms with Gasteiger partial charge in [-0.05, 0) is 37.1 Å². The number of benzene rings is 2. The maximum absolute atomic E-state index is 14.2. The molecule has 0 heterocycles. The Kier molecular flexibility index (Phi) is 5.77. The van der Waals surface area contributed by atoms with Crippen molar-refractivity contribution in [1.29, 1.82) is 0 Å². The lowest BCUT2D eigenvalue weighted by molar-refractivity contribution is 0.576. The number of rotatable bonds is 6. The lowest BCUT2D eigenvalue weighted by atomic mass is 9.96. The summed E-state index contributed by atoms with van der Waals surface area (Å²) in [5.74, 6) is -0.353. The van der Waals surface area contributed by atoms with Gasteiger partial charge in [-0.3, -0.25) is 0 Å². The number of halogens is 2. The van der Waals surface area contributed by atoms with Crippen LogP contribution in [-0.2, 0) is 6.42 Å². The van der Waals surface area contributed by atoms with Crippen LogP contribution in [0.5, 0.6) is 0 Å². The molecule has 0 radical (unpaired) electrons. The SMILES string of the molecule is CCCCc1ccc(C(NC)c2cccc(Cl)c2F)cc1. The monoisotopic (exact) mass is 305 g/mol. The van der Waals surface area contributed by atoms with E-state index < -0.39 is 0 Å². The predicted octanol–water partition coefficient (Wildman–Crippen LogP) is 5.13. The average Bonchev–Trinajstić information content (AvgIpc) is 2.51. The molecule has 1 unspecified atom stereocenters. The second-order valence-corrected chi connectivity index (χ2v) is 5.62. The lowest BCUT2D eigenvalue weighted by Gasteiger charge is -2.18. The fourth-order valence-electron chi connectivity index (χ4n) is 2.50. The molecule has 1 atom stereocenters. The highest BCUT2D eigenvalue weighted by Gasteiger charge is 2.17. The summed E-state index contributed by atoms with van der Waals surface area (Å²) < 4.78 is 14.2. The number of aryl methyl sites for hydroxylation is 1. The third-order valence-electron chi connectivity index (χ3n) is 3.71. The van der Waals surface area contributed by atoms with E-state index in [0.29, 0.717) is 5.56 Å². The van der Waals surface area contributed by atoms with Gasteiger partial charge in [-0.25, -0.2) is 4.39 Å². The van der Waals surface area contributed by atoms with Gasteiger partial charge < -0.3 is 5.32 Å². The molecule has 0 amide bonds. The van der Waals surface area contributed by atoms with Crippen LogP contribution < -0.4 is 5.32 Å². The highest BCUT2D eigenvalue weighted by molar-refractivity contribution is 6.30. The molecule has 0 saturated carbocycles. The molecular weight excluding hydrogens is 285 g/mol. The van der Waals surface area contributed by atoms with E-state index in [4.69, 9.17) is 11.6 Å². The second-order valence-electron chi connectivity index (χ2n) is 5.21. The number of hydrogen-bond acceptors (Lipinski definition) is 1. The standard InChI is InChI=1S/C18H21ClFN/c1-3-4-6-13-9-11-14(12-10-13)18(21-2)15-7-5-8-16(19)17(15)20/h5,7-12,18,21H,3-4,6H2,1-2H3. The van der Waals surface area contributed by atoms with Crippen molar-refractivity contribution in [2.45, 2.75) is 32.2 Å². The quantitative estimate of drug-likeness (QED) is 0.780. The molecule has 2 aromatic rings. The fraction of sp³-hybridized carbons (Fsp3) is 0.333. The first-order valence-electron chi connectivity index (χ1n) is 7.37. The summed E-state index contributed by atoms with van der Waals surface area (Å²) >= 11 is 5.88. The van der Waals surface area contributed by atoms with Crippen LogP contribution in [-0.4, -0.2) is 7.05 Å². The molecule has 3 heteroatoms. The molecule has 0 fully saturated rings. The van der Waals surface area contributed by atoms with E-state index >= 15 is 0 Å². The van der Waals surface area contributed by atoms with Gasteiger partial charge >= 0.3 is 0 Å². The Morgan fingerprint density at radius 1 is 1.14 bits per heavy atom. The molecule has 2 aromatic carbocycles. The number of hydrogen-bond donors (Lipinski definition) is 1. The van der Waals surface area contributed by atoms with Crippen LogP contribution in [0.15, 0.2) is 42.5 Å². The summed E-state index contributed by atoms with van der Waals surface area (Å²) in [6.45, 7) is 2.19. The molecule has 0 aliphatic rings. The molecule has 1 nitrogen and oxygen atoms in total. The van der Waals surface area contributed by atoms with Crippen LogP contribution in [0.2, 0.25) is 5.02 Å².